The standard InChI is InChI=1S/C12H25NO/c1-4-11(3,14)12(9-13)7-5-10(2)6-8-12/h10,14H,4-9,13H2,1-3H3. The summed E-state index contributed by atoms with van der Waals surface area (Å²) in [6.45, 7) is 6.92. The lowest BCUT2D eigenvalue weighted by Gasteiger charge is -2.48. The van der Waals surface area contributed by atoms with Crippen LogP contribution in [-0.4, -0.2) is 17.3 Å². The monoisotopic (exact) mass is 199 g/mol. The van der Waals surface area contributed by atoms with Crippen LogP contribution < -0.4 is 5.73 Å². The van der Waals surface area contributed by atoms with Gasteiger partial charge in [-0.15, -0.1) is 0 Å². The molecule has 0 amide bonds. The third-order valence-corrected chi connectivity index (χ3v) is 4.45. The molecule has 1 saturated carbocycles. The smallest absolute Gasteiger partial charge is 0.0685 e. The summed E-state index contributed by atoms with van der Waals surface area (Å²) in [7, 11) is 0. The fourth-order valence-corrected chi connectivity index (χ4v) is 2.65. The van der Waals surface area contributed by atoms with Crippen molar-refractivity contribution in [1.82, 2.24) is 0 Å². The summed E-state index contributed by atoms with van der Waals surface area (Å²) >= 11 is 0. The van der Waals surface area contributed by atoms with E-state index in [0.29, 0.717) is 6.54 Å². The third-order valence-electron chi connectivity index (χ3n) is 4.45. The van der Waals surface area contributed by atoms with Crippen molar-refractivity contribution in [3.05, 3.63) is 0 Å². The Kier molecular flexibility index (Phi) is 3.59. The maximum absolute atomic E-state index is 10.4. The maximum Gasteiger partial charge on any atom is 0.0685 e. The van der Waals surface area contributed by atoms with E-state index in [0.717, 1.165) is 25.2 Å². The Bertz CT molecular complexity index is 181. The topological polar surface area (TPSA) is 46.2 Å². The molecule has 0 bridgehead atoms. The lowest BCUT2D eigenvalue weighted by molar-refractivity contribution is -0.0929. The fourth-order valence-electron chi connectivity index (χ4n) is 2.65. The van der Waals surface area contributed by atoms with E-state index < -0.39 is 5.60 Å². The number of hydrogen-bond acceptors (Lipinski definition) is 2. The largest absolute Gasteiger partial charge is 0.390 e. The zero-order valence-electron chi connectivity index (χ0n) is 9.84. The van der Waals surface area contributed by atoms with Gasteiger partial charge in [0, 0.05) is 12.0 Å². The van der Waals surface area contributed by atoms with Gasteiger partial charge in [-0.1, -0.05) is 26.7 Å². The molecular weight excluding hydrogens is 174 g/mol. The van der Waals surface area contributed by atoms with Crippen molar-refractivity contribution < 1.29 is 5.11 Å². The number of aliphatic hydroxyl groups is 1. The molecule has 1 aliphatic carbocycles. The minimum absolute atomic E-state index is 0.0196. The molecule has 0 aromatic rings. The van der Waals surface area contributed by atoms with Crippen molar-refractivity contribution in [3.63, 3.8) is 0 Å². The van der Waals surface area contributed by atoms with E-state index >= 15 is 0 Å². The second kappa shape index (κ2) is 4.19. The van der Waals surface area contributed by atoms with Crippen LogP contribution in [0.3, 0.4) is 0 Å². The van der Waals surface area contributed by atoms with E-state index in [9.17, 15) is 5.11 Å². The molecule has 2 heteroatoms. The molecule has 2 nitrogen and oxygen atoms in total. The van der Waals surface area contributed by atoms with E-state index in [-0.39, 0.29) is 5.41 Å². The predicted octanol–water partition coefficient (Wildman–Crippen LogP) is 2.30. The van der Waals surface area contributed by atoms with Gasteiger partial charge in [0.15, 0.2) is 0 Å². The van der Waals surface area contributed by atoms with Gasteiger partial charge in [-0.05, 0) is 32.1 Å². The SMILES string of the molecule is CCC(C)(O)C1(CN)CCC(C)CC1. The Hall–Kier alpha value is -0.0800. The molecule has 0 aromatic carbocycles. The number of hydrogen-bond donors (Lipinski definition) is 2. The average molecular weight is 199 g/mol. The highest BCUT2D eigenvalue weighted by molar-refractivity contribution is 4.98. The van der Waals surface area contributed by atoms with Crippen LogP contribution in [0.1, 0.15) is 52.9 Å². The quantitative estimate of drug-likeness (QED) is 0.732. The second-order valence-corrected chi connectivity index (χ2v) is 5.29. The van der Waals surface area contributed by atoms with Gasteiger partial charge in [-0.2, -0.15) is 0 Å². The zero-order chi connectivity index (χ0) is 10.8. The molecule has 0 aromatic heterocycles. The summed E-state index contributed by atoms with van der Waals surface area (Å²) in [6, 6.07) is 0. The van der Waals surface area contributed by atoms with Gasteiger partial charge < -0.3 is 10.8 Å². The lowest BCUT2D eigenvalue weighted by atomic mass is 9.61. The minimum atomic E-state index is -0.581. The molecule has 0 spiro atoms. The molecule has 0 saturated heterocycles. The van der Waals surface area contributed by atoms with Crippen molar-refractivity contribution >= 4 is 0 Å². The van der Waals surface area contributed by atoms with Crippen molar-refractivity contribution in [2.24, 2.45) is 17.1 Å². The molecular formula is C12H25NO. The van der Waals surface area contributed by atoms with Crippen LogP contribution in [0.4, 0.5) is 0 Å². The minimum Gasteiger partial charge on any atom is -0.390 e. The molecule has 14 heavy (non-hydrogen) atoms. The molecule has 1 rings (SSSR count). The van der Waals surface area contributed by atoms with Crippen molar-refractivity contribution in [3.8, 4) is 0 Å². The van der Waals surface area contributed by atoms with Crippen molar-refractivity contribution in [2.45, 2.75) is 58.5 Å². The molecule has 84 valence electrons. The number of rotatable bonds is 3. The fraction of sp³-hybridized carbons (Fsp3) is 1.00. The first-order chi connectivity index (χ1) is 6.47. The van der Waals surface area contributed by atoms with Crippen LogP contribution in [0.25, 0.3) is 0 Å². The van der Waals surface area contributed by atoms with Crippen molar-refractivity contribution in [2.75, 3.05) is 6.54 Å². The molecule has 1 fully saturated rings. The summed E-state index contributed by atoms with van der Waals surface area (Å²) in [6.07, 6.45) is 5.41. The molecule has 0 aliphatic heterocycles. The van der Waals surface area contributed by atoms with Crippen LogP contribution in [0.5, 0.6) is 0 Å². The van der Waals surface area contributed by atoms with E-state index in [1.54, 1.807) is 0 Å². The Morgan fingerprint density at radius 1 is 1.43 bits per heavy atom. The summed E-state index contributed by atoms with van der Waals surface area (Å²) < 4.78 is 0. The van der Waals surface area contributed by atoms with Gasteiger partial charge in [-0.3, -0.25) is 0 Å². The predicted molar refractivity (Wildman–Crippen MR) is 60.0 cm³/mol. The highest BCUT2D eigenvalue weighted by atomic mass is 16.3. The highest BCUT2D eigenvalue weighted by Gasteiger charge is 2.46. The first-order valence-electron chi connectivity index (χ1n) is 5.90. The Morgan fingerprint density at radius 3 is 2.29 bits per heavy atom. The Morgan fingerprint density at radius 2 is 1.93 bits per heavy atom. The molecule has 1 unspecified atom stereocenters. The average Bonchev–Trinajstić information content (AvgIpc) is 2.19. The first kappa shape index (κ1) is 12.0. The lowest BCUT2D eigenvalue weighted by Crippen LogP contribution is -2.52. The van der Waals surface area contributed by atoms with Crippen LogP contribution in [-0.2, 0) is 0 Å². The molecule has 1 aliphatic rings. The normalized spacial score (nSPS) is 37.9. The zero-order valence-corrected chi connectivity index (χ0v) is 9.84. The Balaban J connectivity index is 2.77. The maximum atomic E-state index is 10.4. The van der Waals surface area contributed by atoms with Gasteiger partial charge in [0.1, 0.15) is 0 Å². The van der Waals surface area contributed by atoms with Crippen LogP contribution in [0.15, 0.2) is 0 Å². The summed E-state index contributed by atoms with van der Waals surface area (Å²) in [4.78, 5) is 0. The summed E-state index contributed by atoms with van der Waals surface area (Å²) in [5.41, 5.74) is 5.28. The molecule has 3 N–H and O–H groups in total. The van der Waals surface area contributed by atoms with Crippen LogP contribution in [0.2, 0.25) is 0 Å². The molecule has 1 atom stereocenters. The summed E-state index contributed by atoms with van der Waals surface area (Å²) in [5.74, 6) is 0.808. The van der Waals surface area contributed by atoms with Crippen molar-refractivity contribution in [1.29, 1.82) is 0 Å². The van der Waals surface area contributed by atoms with E-state index in [1.807, 2.05) is 6.92 Å². The second-order valence-electron chi connectivity index (χ2n) is 5.29. The molecule has 0 heterocycles. The van der Waals surface area contributed by atoms with E-state index in [4.69, 9.17) is 5.73 Å². The Labute approximate surface area is 87.9 Å². The van der Waals surface area contributed by atoms with Crippen LogP contribution in [0, 0.1) is 11.3 Å². The van der Waals surface area contributed by atoms with E-state index in [1.165, 1.54) is 12.8 Å². The molecule has 0 radical (unpaired) electrons. The van der Waals surface area contributed by atoms with Crippen LogP contribution >= 0.6 is 0 Å². The highest BCUT2D eigenvalue weighted by Crippen LogP contribution is 2.46. The van der Waals surface area contributed by atoms with E-state index in [2.05, 4.69) is 13.8 Å². The van der Waals surface area contributed by atoms with Gasteiger partial charge in [0.25, 0.3) is 0 Å². The third kappa shape index (κ3) is 1.96. The van der Waals surface area contributed by atoms with Gasteiger partial charge in [0.2, 0.25) is 0 Å². The van der Waals surface area contributed by atoms with Gasteiger partial charge in [0.05, 0.1) is 5.60 Å². The first-order valence-corrected chi connectivity index (χ1v) is 5.90. The number of nitrogens with two attached hydrogens (primary N) is 1. The summed E-state index contributed by atoms with van der Waals surface area (Å²) in [5, 5.41) is 10.4. The van der Waals surface area contributed by atoms with Gasteiger partial charge >= 0.3 is 0 Å². The van der Waals surface area contributed by atoms with Gasteiger partial charge in [-0.25, -0.2) is 0 Å².